The monoisotopic (exact) mass is 530 g/mol. The van der Waals surface area contributed by atoms with E-state index in [1.807, 2.05) is 43.0 Å². The summed E-state index contributed by atoms with van der Waals surface area (Å²) in [5.74, 6) is 0.794. The molecule has 0 radical (unpaired) electrons. The van der Waals surface area contributed by atoms with E-state index in [1.54, 1.807) is 24.0 Å². The summed E-state index contributed by atoms with van der Waals surface area (Å²) >= 11 is 1.13. The number of ether oxygens (including phenoxy) is 1. The van der Waals surface area contributed by atoms with E-state index in [2.05, 4.69) is 9.97 Å². The minimum atomic E-state index is -4.52. The maximum absolute atomic E-state index is 14.1. The van der Waals surface area contributed by atoms with Crippen molar-refractivity contribution in [2.75, 3.05) is 37.7 Å². The number of halogens is 3. The number of carbonyl (C=O) groups is 1. The Kier molecular flexibility index (Phi) is 8.26. The van der Waals surface area contributed by atoms with E-state index >= 15 is 0 Å². The molecule has 0 aliphatic carbocycles. The molecule has 3 aromatic rings. The van der Waals surface area contributed by atoms with Gasteiger partial charge in [0.15, 0.2) is 0 Å². The molecule has 0 spiro atoms. The fourth-order valence-electron chi connectivity index (χ4n) is 4.18. The Balaban J connectivity index is 1.59. The van der Waals surface area contributed by atoms with E-state index in [0.29, 0.717) is 49.9 Å². The second-order valence-corrected chi connectivity index (χ2v) is 10.0. The molecule has 0 N–H and O–H groups in total. The van der Waals surface area contributed by atoms with E-state index in [9.17, 15) is 18.0 Å². The SMILES string of the molecule is CCOC(=O)N1CCN(c2cc(-c3ccc(Sc4ccccc4C(C)C)c(C(F)(F)F)c3)ncn2)CC1. The minimum absolute atomic E-state index is 0.147. The molecular formula is C27H29F3N4O2S. The maximum Gasteiger partial charge on any atom is 0.417 e. The zero-order chi connectivity index (χ0) is 26.6. The van der Waals surface area contributed by atoms with Crippen LogP contribution < -0.4 is 4.90 Å². The van der Waals surface area contributed by atoms with E-state index in [4.69, 9.17) is 4.74 Å². The Morgan fingerprint density at radius 2 is 1.76 bits per heavy atom. The van der Waals surface area contributed by atoms with Gasteiger partial charge in [-0.05, 0) is 36.6 Å². The number of rotatable bonds is 6. The molecule has 10 heteroatoms. The first kappa shape index (κ1) is 26.8. The number of aromatic nitrogens is 2. The third-order valence-corrected chi connectivity index (χ3v) is 7.29. The molecule has 37 heavy (non-hydrogen) atoms. The highest BCUT2D eigenvalue weighted by atomic mass is 32.2. The van der Waals surface area contributed by atoms with Crippen LogP contribution in [-0.4, -0.2) is 53.7 Å². The van der Waals surface area contributed by atoms with E-state index in [1.165, 1.54) is 12.4 Å². The molecule has 1 aromatic heterocycles. The number of alkyl halides is 3. The average molecular weight is 531 g/mol. The van der Waals surface area contributed by atoms with Crippen LogP contribution in [-0.2, 0) is 10.9 Å². The highest BCUT2D eigenvalue weighted by molar-refractivity contribution is 7.99. The third kappa shape index (κ3) is 6.36. The standard InChI is InChI=1S/C27H29F3N4O2S/c1-4-36-26(35)34-13-11-33(12-14-34)25-16-22(31-17-32-25)19-9-10-24(21(15-19)27(28,29)30)37-23-8-6-5-7-20(23)18(2)3/h5-10,15-18H,4,11-14H2,1-3H3. The van der Waals surface area contributed by atoms with Gasteiger partial charge in [-0.3, -0.25) is 0 Å². The van der Waals surface area contributed by atoms with Crippen LogP contribution in [0, 0.1) is 0 Å². The lowest BCUT2D eigenvalue weighted by Crippen LogP contribution is -2.49. The van der Waals surface area contributed by atoms with Gasteiger partial charge in [0.1, 0.15) is 12.1 Å². The summed E-state index contributed by atoms with van der Waals surface area (Å²) in [6, 6.07) is 13.6. The number of amides is 1. The van der Waals surface area contributed by atoms with Crippen LogP contribution in [0.15, 0.2) is 64.6 Å². The second-order valence-electron chi connectivity index (χ2n) is 8.94. The van der Waals surface area contributed by atoms with Crippen molar-refractivity contribution in [3.8, 4) is 11.3 Å². The van der Waals surface area contributed by atoms with Gasteiger partial charge in [-0.1, -0.05) is 49.9 Å². The second kappa shape index (κ2) is 11.4. The summed E-state index contributed by atoms with van der Waals surface area (Å²) in [5.41, 5.74) is 1.08. The number of benzene rings is 2. The summed E-state index contributed by atoms with van der Waals surface area (Å²) in [5, 5.41) is 0. The average Bonchev–Trinajstić information content (AvgIpc) is 2.89. The summed E-state index contributed by atoms with van der Waals surface area (Å²) in [6.45, 7) is 8.14. The van der Waals surface area contributed by atoms with E-state index < -0.39 is 11.7 Å². The van der Waals surface area contributed by atoms with Gasteiger partial charge in [-0.15, -0.1) is 0 Å². The van der Waals surface area contributed by atoms with Crippen LogP contribution in [0.25, 0.3) is 11.3 Å². The van der Waals surface area contributed by atoms with Crippen molar-refractivity contribution in [1.82, 2.24) is 14.9 Å². The first-order chi connectivity index (χ1) is 17.7. The number of hydrogen-bond acceptors (Lipinski definition) is 6. The largest absolute Gasteiger partial charge is 0.450 e. The predicted molar refractivity (Wildman–Crippen MR) is 138 cm³/mol. The van der Waals surface area contributed by atoms with Gasteiger partial charge in [0.25, 0.3) is 0 Å². The molecular weight excluding hydrogens is 501 g/mol. The summed E-state index contributed by atoms with van der Waals surface area (Å²) in [6.07, 6.45) is -3.51. The zero-order valence-corrected chi connectivity index (χ0v) is 21.8. The third-order valence-electron chi connectivity index (χ3n) is 6.12. The van der Waals surface area contributed by atoms with Crippen LogP contribution in [0.4, 0.5) is 23.8 Å². The van der Waals surface area contributed by atoms with Crippen molar-refractivity contribution in [3.05, 3.63) is 66.0 Å². The quantitative estimate of drug-likeness (QED) is 0.353. The number of hydrogen-bond donors (Lipinski definition) is 0. The van der Waals surface area contributed by atoms with E-state index in [0.717, 1.165) is 28.3 Å². The molecule has 4 rings (SSSR count). The normalized spacial score (nSPS) is 14.2. The molecule has 6 nitrogen and oxygen atoms in total. The lowest BCUT2D eigenvalue weighted by atomic mass is 10.0. The maximum atomic E-state index is 14.1. The fraction of sp³-hybridized carbons (Fsp3) is 0.370. The highest BCUT2D eigenvalue weighted by Crippen LogP contribution is 2.43. The highest BCUT2D eigenvalue weighted by Gasteiger charge is 2.34. The van der Waals surface area contributed by atoms with Gasteiger partial charge in [-0.25, -0.2) is 14.8 Å². The van der Waals surface area contributed by atoms with Crippen molar-refractivity contribution < 1.29 is 22.7 Å². The zero-order valence-electron chi connectivity index (χ0n) is 21.0. The first-order valence-electron chi connectivity index (χ1n) is 12.1. The predicted octanol–water partition coefficient (Wildman–Crippen LogP) is 6.72. The molecule has 2 heterocycles. The fourth-order valence-corrected chi connectivity index (χ4v) is 5.41. The molecule has 0 saturated carbocycles. The summed E-state index contributed by atoms with van der Waals surface area (Å²) < 4.78 is 47.5. The molecule has 1 saturated heterocycles. The Labute approximate surface area is 218 Å². The smallest absolute Gasteiger partial charge is 0.417 e. The Morgan fingerprint density at radius 3 is 2.43 bits per heavy atom. The molecule has 196 valence electrons. The molecule has 0 bridgehead atoms. The Bertz CT molecular complexity index is 1240. The van der Waals surface area contributed by atoms with Crippen molar-refractivity contribution in [3.63, 3.8) is 0 Å². The van der Waals surface area contributed by atoms with Crippen LogP contribution in [0.3, 0.4) is 0 Å². The minimum Gasteiger partial charge on any atom is -0.450 e. The molecule has 2 aromatic carbocycles. The van der Waals surface area contributed by atoms with Crippen LogP contribution in [0.5, 0.6) is 0 Å². The number of nitrogens with zero attached hydrogens (tertiary/aromatic N) is 4. The van der Waals surface area contributed by atoms with Crippen molar-refractivity contribution in [2.45, 2.75) is 42.7 Å². The Morgan fingerprint density at radius 1 is 1.03 bits per heavy atom. The molecule has 1 fully saturated rings. The van der Waals surface area contributed by atoms with E-state index in [-0.39, 0.29) is 16.9 Å². The topological polar surface area (TPSA) is 58.6 Å². The first-order valence-corrected chi connectivity index (χ1v) is 13.0. The lowest BCUT2D eigenvalue weighted by molar-refractivity contribution is -0.139. The molecule has 1 aliphatic rings. The molecule has 1 amide bonds. The van der Waals surface area contributed by atoms with Crippen LogP contribution in [0.1, 0.15) is 37.8 Å². The van der Waals surface area contributed by atoms with Crippen molar-refractivity contribution in [2.24, 2.45) is 0 Å². The summed E-state index contributed by atoms with van der Waals surface area (Å²) in [7, 11) is 0. The van der Waals surface area contributed by atoms with Crippen molar-refractivity contribution >= 4 is 23.7 Å². The van der Waals surface area contributed by atoms with Gasteiger partial charge in [0.05, 0.1) is 17.9 Å². The number of anilines is 1. The number of carbonyl (C=O) groups excluding carboxylic acids is 1. The van der Waals surface area contributed by atoms with Gasteiger partial charge >= 0.3 is 12.3 Å². The molecule has 0 atom stereocenters. The number of piperazine rings is 1. The van der Waals surface area contributed by atoms with Gasteiger partial charge in [0.2, 0.25) is 0 Å². The lowest BCUT2D eigenvalue weighted by Gasteiger charge is -2.34. The van der Waals surface area contributed by atoms with Crippen LogP contribution >= 0.6 is 11.8 Å². The molecule has 1 aliphatic heterocycles. The Hall–Kier alpha value is -3.27. The van der Waals surface area contributed by atoms with Gasteiger partial charge in [0, 0.05) is 47.6 Å². The van der Waals surface area contributed by atoms with Crippen molar-refractivity contribution in [1.29, 1.82) is 0 Å². The van der Waals surface area contributed by atoms with Crippen LogP contribution in [0.2, 0.25) is 0 Å². The van der Waals surface area contributed by atoms with Gasteiger partial charge < -0.3 is 14.5 Å². The molecule has 0 unspecified atom stereocenters. The summed E-state index contributed by atoms with van der Waals surface area (Å²) in [4.78, 5) is 25.1. The van der Waals surface area contributed by atoms with Gasteiger partial charge in [-0.2, -0.15) is 13.2 Å².